The van der Waals surface area contributed by atoms with Crippen LogP contribution in [0.5, 0.6) is 5.75 Å². The first-order valence-corrected chi connectivity index (χ1v) is 6.53. The zero-order valence-electron chi connectivity index (χ0n) is 10.1. The van der Waals surface area contributed by atoms with E-state index in [1.54, 1.807) is 41.1 Å². The SMILES string of the molecule is O=Cc1ccc(OCCn2ccccc2=O)c(Br)c1. The van der Waals surface area contributed by atoms with E-state index in [0.717, 1.165) is 10.8 Å². The first-order chi connectivity index (χ1) is 9.20. The molecule has 0 atom stereocenters. The number of carbonyl (C=O) groups excluding carboxylic acids is 1. The van der Waals surface area contributed by atoms with Crippen LogP contribution in [0.25, 0.3) is 0 Å². The quantitative estimate of drug-likeness (QED) is 0.795. The van der Waals surface area contributed by atoms with Crippen LogP contribution in [0.1, 0.15) is 10.4 Å². The number of pyridine rings is 1. The molecule has 0 saturated carbocycles. The van der Waals surface area contributed by atoms with Gasteiger partial charge in [0, 0.05) is 17.8 Å². The van der Waals surface area contributed by atoms with Gasteiger partial charge in [-0.05, 0) is 40.2 Å². The summed E-state index contributed by atoms with van der Waals surface area (Å²) in [5, 5.41) is 0. The van der Waals surface area contributed by atoms with E-state index in [9.17, 15) is 9.59 Å². The Bertz CT molecular complexity index is 637. The van der Waals surface area contributed by atoms with Crippen molar-refractivity contribution >= 4 is 22.2 Å². The Morgan fingerprint density at radius 3 is 2.79 bits per heavy atom. The zero-order valence-corrected chi connectivity index (χ0v) is 11.7. The number of nitrogens with zero attached hydrogens (tertiary/aromatic N) is 1. The second kappa shape index (κ2) is 6.33. The van der Waals surface area contributed by atoms with E-state index < -0.39 is 0 Å². The molecule has 2 rings (SSSR count). The molecule has 98 valence electrons. The van der Waals surface area contributed by atoms with Crippen molar-refractivity contribution in [3.8, 4) is 5.75 Å². The smallest absolute Gasteiger partial charge is 0.250 e. The van der Waals surface area contributed by atoms with Gasteiger partial charge in [0.15, 0.2) is 0 Å². The molecule has 0 unspecified atom stereocenters. The van der Waals surface area contributed by atoms with Crippen LogP contribution in [0.4, 0.5) is 0 Å². The number of aromatic nitrogens is 1. The first-order valence-electron chi connectivity index (χ1n) is 5.74. The van der Waals surface area contributed by atoms with Crippen molar-refractivity contribution in [1.29, 1.82) is 0 Å². The Balaban J connectivity index is 1.98. The molecule has 4 nitrogen and oxygen atoms in total. The summed E-state index contributed by atoms with van der Waals surface area (Å²) in [6.45, 7) is 0.852. The molecule has 1 aromatic heterocycles. The summed E-state index contributed by atoms with van der Waals surface area (Å²) < 4.78 is 7.87. The second-order valence-corrected chi connectivity index (χ2v) is 4.74. The molecule has 0 spiro atoms. The molecule has 0 aliphatic heterocycles. The molecule has 19 heavy (non-hydrogen) atoms. The highest BCUT2D eigenvalue weighted by atomic mass is 79.9. The van der Waals surface area contributed by atoms with Crippen LogP contribution in [0, 0.1) is 0 Å². The third kappa shape index (κ3) is 3.54. The fourth-order valence-electron chi connectivity index (χ4n) is 1.61. The van der Waals surface area contributed by atoms with Crippen LogP contribution >= 0.6 is 15.9 Å². The molecule has 0 fully saturated rings. The number of aldehydes is 1. The van der Waals surface area contributed by atoms with Gasteiger partial charge in [0.25, 0.3) is 5.56 Å². The van der Waals surface area contributed by atoms with Crippen LogP contribution in [-0.2, 0) is 6.54 Å². The van der Waals surface area contributed by atoms with Gasteiger partial charge in [0.1, 0.15) is 18.6 Å². The van der Waals surface area contributed by atoms with Gasteiger partial charge in [-0.25, -0.2) is 0 Å². The number of halogens is 1. The summed E-state index contributed by atoms with van der Waals surface area (Å²) in [7, 11) is 0. The van der Waals surface area contributed by atoms with Crippen LogP contribution in [0.2, 0.25) is 0 Å². The van der Waals surface area contributed by atoms with Gasteiger partial charge in [-0.3, -0.25) is 9.59 Å². The van der Waals surface area contributed by atoms with Gasteiger partial charge >= 0.3 is 0 Å². The predicted octanol–water partition coefficient (Wildman–Crippen LogP) is 2.50. The number of ether oxygens (including phenoxy) is 1. The van der Waals surface area contributed by atoms with Crippen LogP contribution in [0.3, 0.4) is 0 Å². The lowest BCUT2D eigenvalue weighted by molar-refractivity contribution is 0.112. The number of hydrogen-bond acceptors (Lipinski definition) is 3. The maximum Gasteiger partial charge on any atom is 0.250 e. The molecule has 0 saturated heterocycles. The minimum absolute atomic E-state index is 0.0542. The van der Waals surface area contributed by atoms with E-state index in [-0.39, 0.29) is 5.56 Å². The number of rotatable bonds is 5. The lowest BCUT2D eigenvalue weighted by Crippen LogP contribution is -2.21. The third-order valence-corrected chi connectivity index (χ3v) is 3.20. The van der Waals surface area contributed by atoms with Crippen molar-refractivity contribution in [3.05, 3.63) is 63.0 Å². The van der Waals surface area contributed by atoms with E-state index in [2.05, 4.69) is 15.9 Å². The molecule has 5 heteroatoms. The highest BCUT2D eigenvalue weighted by molar-refractivity contribution is 9.10. The van der Waals surface area contributed by atoms with Crippen molar-refractivity contribution in [1.82, 2.24) is 4.57 Å². The Morgan fingerprint density at radius 2 is 2.11 bits per heavy atom. The summed E-state index contributed by atoms with van der Waals surface area (Å²) in [5.41, 5.74) is 0.528. The average Bonchev–Trinajstić information content (AvgIpc) is 2.42. The van der Waals surface area contributed by atoms with Crippen molar-refractivity contribution in [2.75, 3.05) is 6.61 Å². The Hall–Kier alpha value is -1.88. The number of hydrogen-bond donors (Lipinski definition) is 0. The van der Waals surface area contributed by atoms with Crippen LogP contribution < -0.4 is 10.3 Å². The van der Waals surface area contributed by atoms with Gasteiger partial charge in [-0.1, -0.05) is 6.07 Å². The summed E-state index contributed by atoms with van der Waals surface area (Å²) in [4.78, 5) is 22.1. The minimum atomic E-state index is -0.0542. The average molecular weight is 322 g/mol. The van der Waals surface area contributed by atoms with E-state index in [0.29, 0.717) is 24.5 Å². The van der Waals surface area contributed by atoms with Crippen molar-refractivity contribution in [2.45, 2.75) is 6.54 Å². The summed E-state index contributed by atoms with van der Waals surface area (Å²) in [6, 6.07) is 10.1. The molecule has 0 aliphatic carbocycles. The highest BCUT2D eigenvalue weighted by Crippen LogP contribution is 2.25. The zero-order chi connectivity index (χ0) is 13.7. The molecule has 0 N–H and O–H groups in total. The molecule has 0 aliphatic rings. The Labute approximate surface area is 118 Å². The highest BCUT2D eigenvalue weighted by Gasteiger charge is 2.02. The molecule has 0 bridgehead atoms. The molecule has 1 heterocycles. The van der Waals surface area contributed by atoms with Crippen molar-refractivity contribution in [2.24, 2.45) is 0 Å². The van der Waals surface area contributed by atoms with E-state index in [1.807, 2.05) is 0 Å². The van der Waals surface area contributed by atoms with Crippen molar-refractivity contribution < 1.29 is 9.53 Å². The number of carbonyl (C=O) groups is 1. The van der Waals surface area contributed by atoms with Crippen molar-refractivity contribution in [3.63, 3.8) is 0 Å². The third-order valence-electron chi connectivity index (χ3n) is 2.58. The van der Waals surface area contributed by atoms with E-state index >= 15 is 0 Å². The van der Waals surface area contributed by atoms with Gasteiger partial charge in [0.05, 0.1) is 11.0 Å². The fraction of sp³-hybridized carbons (Fsp3) is 0.143. The Kier molecular flexibility index (Phi) is 4.52. The van der Waals surface area contributed by atoms with Gasteiger partial charge in [-0.15, -0.1) is 0 Å². The minimum Gasteiger partial charge on any atom is -0.491 e. The maximum atomic E-state index is 11.5. The summed E-state index contributed by atoms with van der Waals surface area (Å²) >= 11 is 3.34. The summed E-state index contributed by atoms with van der Waals surface area (Å²) in [6.07, 6.45) is 2.49. The molecular weight excluding hydrogens is 310 g/mol. The monoisotopic (exact) mass is 321 g/mol. The standard InChI is InChI=1S/C14H12BrNO3/c15-12-9-11(10-17)4-5-13(12)19-8-7-16-6-2-1-3-14(16)18/h1-6,9-10H,7-8H2. The van der Waals surface area contributed by atoms with Gasteiger partial charge < -0.3 is 9.30 Å². The molecule has 1 aromatic carbocycles. The normalized spacial score (nSPS) is 10.2. The molecule has 0 radical (unpaired) electrons. The van der Waals surface area contributed by atoms with Crippen LogP contribution in [0.15, 0.2) is 51.9 Å². The summed E-state index contributed by atoms with van der Waals surface area (Å²) in [5.74, 6) is 0.648. The van der Waals surface area contributed by atoms with Gasteiger partial charge in [-0.2, -0.15) is 0 Å². The van der Waals surface area contributed by atoms with Gasteiger partial charge in [0.2, 0.25) is 0 Å². The molecule has 2 aromatic rings. The largest absolute Gasteiger partial charge is 0.491 e. The maximum absolute atomic E-state index is 11.5. The van der Waals surface area contributed by atoms with E-state index in [4.69, 9.17) is 4.74 Å². The topological polar surface area (TPSA) is 48.3 Å². The Morgan fingerprint density at radius 1 is 1.26 bits per heavy atom. The van der Waals surface area contributed by atoms with E-state index in [1.165, 1.54) is 6.07 Å². The lowest BCUT2D eigenvalue weighted by atomic mass is 10.2. The van der Waals surface area contributed by atoms with Crippen LogP contribution in [-0.4, -0.2) is 17.5 Å². The molecule has 0 amide bonds. The predicted molar refractivity (Wildman–Crippen MR) is 75.7 cm³/mol. The second-order valence-electron chi connectivity index (χ2n) is 3.89. The number of benzene rings is 1. The lowest BCUT2D eigenvalue weighted by Gasteiger charge is -2.09. The molecular formula is C14H12BrNO3. The first kappa shape index (κ1) is 13.5. The fourth-order valence-corrected chi connectivity index (χ4v) is 2.12.